The van der Waals surface area contributed by atoms with Gasteiger partial charge in [-0.2, -0.15) is 0 Å². The van der Waals surface area contributed by atoms with E-state index in [-0.39, 0.29) is 0 Å². The van der Waals surface area contributed by atoms with Crippen LogP contribution in [0.3, 0.4) is 0 Å². The standard InChI is InChI=1S/C12H14BrN3/c1-14-5-3-2-4-9-7-15-12-11(9)6-10(13)8-16-12/h2,4,6-8,14H,3,5H2,1H3,(H,15,16). The second kappa shape index (κ2) is 5.27. The zero-order chi connectivity index (χ0) is 11.4. The van der Waals surface area contributed by atoms with E-state index in [1.807, 2.05) is 13.2 Å². The molecule has 0 radical (unpaired) electrons. The van der Waals surface area contributed by atoms with E-state index in [2.05, 4.69) is 49.4 Å². The van der Waals surface area contributed by atoms with Crippen LogP contribution in [0, 0.1) is 0 Å². The minimum atomic E-state index is 0.927. The molecule has 0 bridgehead atoms. The Balaban J connectivity index is 2.24. The summed E-state index contributed by atoms with van der Waals surface area (Å²) in [5, 5.41) is 4.26. The molecule has 2 rings (SSSR count). The lowest BCUT2D eigenvalue weighted by Crippen LogP contribution is -2.05. The molecule has 2 aromatic heterocycles. The van der Waals surface area contributed by atoms with Crippen molar-refractivity contribution in [1.29, 1.82) is 0 Å². The molecule has 0 aromatic carbocycles. The van der Waals surface area contributed by atoms with Crippen molar-refractivity contribution < 1.29 is 0 Å². The van der Waals surface area contributed by atoms with Gasteiger partial charge in [-0.25, -0.2) is 4.98 Å². The van der Waals surface area contributed by atoms with Gasteiger partial charge in [-0.1, -0.05) is 12.2 Å². The molecular formula is C12H14BrN3. The molecule has 0 amide bonds. The maximum absolute atomic E-state index is 4.30. The van der Waals surface area contributed by atoms with Crippen molar-refractivity contribution in [2.24, 2.45) is 0 Å². The lowest BCUT2D eigenvalue weighted by atomic mass is 10.2. The van der Waals surface area contributed by atoms with Crippen molar-refractivity contribution in [1.82, 2.24) is 15.3 Å². The number of nitrogens with zero attached hydrogens (tertiary/aromatic N) is 1. The average Bonchev–Trinajstić information content (AvgIpc) is 2.67. The van der Waals surface area contributed by atoms with Crippen LogP contribution in [-0.2, 0) is 0 Å². The number of fused-ring (bicyclic) bond motifs is 1. The van der Waals surface area contributed by atoms with Crippen molar-refractivity contribution in [3.8, 4) is 0 Å². The highest BCUT2D eigenvalue weighted by atomic mass is 79.9. The summed E-state index contributed by atoms with van der Waals surface area (Å²) in [6.45, 7) is 1.00. The van der Waals surface area contributed by atoms with Gasteiger partial charge >= 0.3 is 0 Å². The second-order valence-electron chi connectivity index (χ2n) is 3.59. The van der Waals surface area contributed by atoms with Crippen molar-refractivity contribution in [3.05, 3.63) is 34.6 Å². The first kappa shape index (κ1) is 11.4. The van der Waals surface area contributed by atoms with E-state index >= 15 is 0 Å². The minimum Gasteiger partial charge on any atom is -0.346 e. The van der Waals surface area contributed by atoms with Gasteiger partial charge in [0.1, 0.15) is 5.65 Å². The zero-order valence-electron chi connectivity index (χ0n) is 9.13. The first-order valence-corrected chi connectivity index (χ1v) is 6.04. The molecule has 2 heterocycles. The number of hydrogen-bond donors (Lipinski definition) is 2. The number of aromatic amines is 1. The van der Waals surface area contributed by atoms with E-state index in [0.717, 1.165) is 28.5 Å². The Morgan fingerprint density at radius 1 is 1.56 bits per heavy atom. The zero-order valence-corrected chi connectivity index (χ0v) is 10.7. The lowest BCUT2D eigenvalue weighted by Gasteiger charge is -1.94. The SMILES string of the molecule is CNCCC=Cc1c[nH]c2ncc(Br)cc12. The van der Waals surface area contributed by atoms with Crippen LogP contribution in [0.5, 0.6) is 0 Å². The Morgan fingerprint density at radius 3 is 3.25 bits per heavy atom. The number of aromatic nitrogens is 2. The molecule has 0 aliphatic rings. The van der Waals surface area contributed by atoms with E-state index in [4.69, 9.17) is 0 Å². The van der Waals surface area contributed by atoms with E-state index in [1.165, 1.54) is 5.56 Å². The third kappa shape index (κ3) is 2.51. The Labute approximate surface area is 103 Å². The molecule has 0 atom stereocenters. The van der Waals surface area contributed by atoms with E-state index in [1.54, 1.807) is 6.20 Å². The van der Waals surface area contributed by atoms with Gasteiger partial charge in [-0.15, -0.1) is 0 Å². The van der Waals surface area contributed by atoms with Gasteiger partial charge in [0.25, 0.3) is 0 Å². The van der Waals surface area contributed by atoms with Crippen molar-refractivity contribution in [2.75, 3.05) is 13.6 Å². The van der Waals surface area contributed by atoms with E-state index < -0.39 is 0 Å². The summed E-state index contributed by atoms with van der Waals surface area (Å²) in [6.07, 6.45) is 9.11. The third-order valence-corrected chi connectivity index (χ3v) is 2.82. The van der Waals surface area contributed by atoms with Crippen molar-refractivity contribution in [3.63, 3.8) is 0 Å². The molecule has 16 heavy (non-hydrogen) atoms. The summed E-state index contributed by atoms with van der Waals surface area (Å²) in [4.78, 5) is 7.45. The monoisotopic (exact) mass is 279 g/mol. The Morgan fingerprint density at radius 2 is 2.44 bits per heavy atom. The topological polar surface area (TPSA) is 40.7 Å². The highest BCUT2D eigenvalue weighted by Gasteiger charge is 2.01. The molecule has 4 heteroatoms. The predicted octanol–water partition coefficient (Wildman–Crippen LogP) is 2.95. The first-order chi connectivity index (χ1) is 7.81. The number of nitrogens with one attached hydrogen (secondary N) is 2. The van der Waals surface area contributed by atoms with Gasteiger partial charge in [0.2, 0.25) is 0 Å². The van der Waals surface area contributed by atoms with Gasteiger partial charge in [-0.3, -0.25) is 0 Å². The number of hydrogen-bond acceptors (Lipinski definition) is 2. The van der Waals surface area contributed by atoms with Crippen LogP contribution in [0.25, 0.3) is 17.1 Å². The van der Waals surface area contributed by atoms with Gasteiger partial charge in [0.05, 0.1) is 0 Å². The first-order valence-electron chi connectivity index (χ1n) is 5.25. The summed E-state index contributed by atoms with van der Waals surface area (Å²) >= 11 is 3.43. The van der Waals surface area contributed by atoms with E-state index in [9.17, 15) is 0 Å². The summed E-state index contributed by atoms with van der Waals surface area (Å²) in [5.74, 6) is 0. The van der Waals surface area contributed by atoms with E-state index in [0.29, 0.717) is 0 Å². The fourth-order valence-corrected chi connectivity index (χ4v) is 1.91. The fraction of sp³-hybridized carbons (Fsp3) is 0.250. The summed E-state index contributed by atoms with van der Waals surface area (Å²) in [5.41, 5.74) is 2.11. The lowest BCUT2D eigenvalue weighted by molar-refractivity contribution is 0.809. The van der Waals surface area contributed by atoms with Crippen molar-refractivity contribution in [2.45, 2.75) is 6.42 Å². The molecule has 2 N–H and O–H groups in total. The fourth-order valence-electron chi connectivity index (χ4n) is 1.57. The molecule has 3 nitrogen and oxygen atoms in total. The van der Waals surface area contributed by atoms with Gasteiger partial charge in [0, 0.05) is 27.8 Å². The second-order valence-corrected chi connectivity index (χ2v) is 4.50. The summed E-state index contributed by atoms with van der Waals surface area (Å²) < 4.78 is 1.00. The molecule has 0 saturated carbocycles. The van der Waals surface area contributed by atoms with Gasteiger partial charge in [-0.05, 0) is 42.0 Å². The Bertz CT molecular complexity index is 502. The average molecular weight is 280 g/mol. The van der Waals surface area contributed by atoms with Crippen LogP contribution in [-0.4, -0.2) is 23.6 Å². The van der Waals surface area contributed by atoms with Crippen molar-refractivity contribution >= 4 is 33.0 Å². The summed E-state index contributed by atoms with van der Waals surface area (Å²) in [6, 6.07) is 2.08. The normalized spacial score (nSPS) is 11.6. The van der Waals surface area contributed by atoms with Crippen LogP contribution in [0.15, 0.2) is 29.0 Å². The number of pyridine rings is 1. The minimum absolute atomic E-state index is 0.927. The highest BCUT2D eigenvalue weighted by Crippen LogP contribution is 2.21. The Hall–Kier alpha value is -1.13. The molecule has 0 aliphatic heterocycles. The molecule has 0 saturated heterocycles. The Kier molecular flexibility index (Phi) is 3.74. The van der Waals surface area contributed by atoms with Crippen LogP contribution in [0.2, 0.25) is 0 Å². The molecule has 0 unspecified atom stereocenters. The van der Waals surface area contributed by atoms with Crippen LogP contribution in [0.4, 0.5) is 0 Å². The highest BCUT2D eigenvalue weighted by molar-refractivity contribution is 9.10. The van der Waals surface area contributed by atoms with Gasteiger partial charge in [0.15, 0.2) is 0 Å². The molecule has 0 fully saturated rings. The number of rotatable bonds is 4. The largest absolute Gasteiger partial charge is 0.346 e. The maximum Gasteiger partial charge on any atom is 0.137 e. The smallest absolute Gasteiger partial charge is 0.137 e. The van der Waals surface area contributed by atoms with Crippen LogP contribution in [0.1, 0.15) is 12.0 Å². The molecule has 2 aromatic rings. The molecular weight excluding hydrogens is 266 g/mol. The number of halogens is 1. The molecule has 84 valence electrons. The quantitative estimate of drug-likeness (QED) is 0.845. The van der Waals surface area contributed by atoms with Crippen LogP contribution < -0.4 is 5.32 Å². The molecule has 0 aliphatic carbocycles. The molecule has 0 spiro atoms. The van der Waals surface area contributed by atoms with Gasteiger partial charge < -0.3 is 10.3 Å². The predicted molar refractivity (Wildman–Crippen MR) is 71.4 cm³/mol. The maximum atomic E-state index is 4.30. The third-order valence-electron chi connectivity index (χ3n) is 2.39. The van der Waals surface area contributed by atoms with Crippen LogP contribution >= 0.6 is 15.9 Å². The number of H-pyrrole nitrogens is 1. The summed E-state index contributed by atoms with van der Waals surface area (Å²) in [7, 11) is 1.96.